The fraction of sp³-hybridized carbons (Fsp3) is 0.421. The van der Waals surface area contributed by atoms with Gasteiger partial charge >= 0.3 is 0 Å². The molecule has 0 aromatic carbocycles. The van der Waals surface area contributed by atoms with Crippen LogP contribution < -0.4 is 10.2 Å². The zero-order valence-electron chi connectivity index (χ0n) is 15.1. The number of hydrogen-bond donors (Lipinski definition) is 1. The van der Waals surface area contributed by atoms with Gasteiger partial charge in [-0.2, -0.15) is 0 Å². The van der Waals surface area contributed by atoms with E-state index >= 15 is 0 Å². The molecule has 0 bridgehead atoms. The number of hydrogen-bond acceptors (Lipinski definition) is 6. The second-order valence-corrected chi connectivity index (χ2v) is 6.17. The molecule has 7 nitrogen and oxygen atoms in total. The highest BCUT2D eigenvalue weighted by atomic mass is 16.5. The van der Waals surface area contributed by atoms with Gasteiger partial charge in [-0.25, -0.2) is 9.97 Å². The summed E-state index contributed by atoms with van der Waals surface area (Å²) in [5, 5.41) is 3.23. The van der Waals surface area contributed by atoms with Gasteiger partial charge in [0.25, 0.3) is 5.91 Å². The molecular formula is C19H25N5O2. The highest BCUT2D eigenvalue weighted by Crippen LogP contribution is 2.15. The Labute approximate surface area is 154 Å². The maximum Gasteiger partial charge on any atom is 0.254 e. The summed E-state index contributed by atoms with van der Waals surface area (Å²) in [5.41, 5.74) is 0.667. The van der Waals surface area contributed by atoms with E-state index in [-0.39, 0.29) is 5.91 Å². The first-order chi connectivity index (χ1) is 12.8. The van der Waals surface area contributed by atoms with Gasteiger partial charge in [-0.05, 0) is 30.7 Å². The largest absolute Gasteiger partial charge is 0.385 e. The van der Waals surface area contributed by atoms with Gasteiger partial charge in [0.05, 0.1) is 0 Å². The van der Waals surface area contributed by atoms with Crippen molar-refractivity contribution >= 4 is 17.5 Å². The molecule has 26 heavy (non-hydrogen) atoms. The zero-order valence-corrected chi connectivity index (χ0v) is 15.1. The third kappa shape index (κ3) is 4.70. The number of nitrogens with one attached hydrogen (secondary N) is 1. The van der Waals surface area contributed by atoms with Crippen LogP contribution in [-0.4, -0.2) is 67.2 Å². The van der Waals surface area contributed by atoms with Crippen LogP contribution in [0.25, 0.3) is 0 Å². The van der Waals surface area contributed by atoms with Crippen LogP contribution >= 0.6 is 0 Å². The summed E-state index contributed by atoms with van der Waals surface area (Å²) in [6, 6.07) is 9.49. The molecule has 1 amide bonds. The zero-order chi connectivity index (χ0) is 18.2. The number of nitrogens with zero attached hydrogens (tertiary/aromatic N) is 4. The molecule has 0 atom stereocenters. The van der Waals surface area contributed by atoms with Crippen LogP contribution in [0.5, 0.6) is 0 Å². The minimum Gasteiger partial charge on any atom is -0.385 e. The minimum absolute atomic E-state index is 0.0491. The van der Waals surface area contributed by atoms with Crippen molar-refractivity contribution in [3.63, 3.8) is 0 Å². The van der Waals surface area contributed by atoms with Crippen molar-refractivity contribution in [3.05, 3.63) is 48.3 Å². The van der Waals surface area contributed by atoms with Crippen LogP contribution in [0.2, 0.25) is 0 Å². The summed E-state index contributed by atoms with van der Waals surface area (Å²) >= 11 is 0. The monoisotopic (exact) mass is 355 g/mol. The molecule has 3 rings (SSSR count). The number of aromatic nitrogens is 2. The number of amides is 1. The van der Waals surface area contributed by atoms with Crippen molar-refractivity contribution in [3.8, 4) is 0 Å². The molecule has 0 saturated carbocycles. The molecule has 2 aromatic heterocycles. The van der Waals surface area contributed by atoms with E-state index in [2.05, 4.69) is 20.2 Å². The van der Waals surface area contributed by atoms with Crippen molar-refractivity contribution in [2.45, 2.75) is 6.42 Å². The molecule has 7 heteroatoms. The summed E-state index contributed by atoms with van der Waals surface area (Å²) in [5.74, 6) is 1.73. The van der Waals surface area contributed by atoms with Gasteiger partial charge in [0.1, 0.15) is 11.6 Å². The number of rotatable bonds is 7. The average molecular weight is 355 g/mol. The Hall–Kier alpha value is -2.67. The minimum atomic E-state index is 0.0491. The molecule has 3 heterocycles. The highest BCUT2D eigenvalue weighted by molar-refractivity contribution is 5.95. The van der Waals surface area contributed by atoms with Gasteiger partial charge in [-0.15, -0.1) is 0 Å². The van der Waals surface area contributed by atoms with Crippen LogP contribution in [0, 0.1) is 0 Å². The van der Waals surface area contributed by atoms with E-state index in [0.29, 0.717) is 25.3 Å². The molecule has 1 N–H and O–H groups in total. The summed E-state index contributed by atoms with van der Waals surface area (Å²) in [6.45, 7) is 4.42. The topological polar surface area (TPSA) is 70.6 Å². The predicted molar refractivity (Wildman–Crippen MR) is 102 cm³/mol. The van der Waals surface area contributed by atoms with E-state index in [1.807, 2.05) is 29.2 Å². The van der Waals surface area contributed by atoms with Gasteiger partial charge in [-0.3, -0.25) is 4.79 Å². The maximum absolute atomic E-state index is 12.8. The molecule has 0 spiro atoms. The van der Waals surface area contributed by atoms with E-state index in [0.717, 1.165) is 37.7 Å². The van der Waals surface area contributed by atoms with E-state index in [1.165, 1.54) is 0 Å². The fourth-order valence-corrected chi connectivity index (χ4v) is 2.96. The summed E-state index contributed by atoms with van der Waals surface area (Å²) in [6.07, 6.45) is 4.37. The quantitative estimate of drug-likeness (QED) is 0.765. The predicted octanol–water partition coefficient (Wildman–Crippen LogP) is 1.89. The Morgan fingerprint density at radius 3 is 2.73 bits per heavy atom. The fourth-order valence-electron chi connectivity index (χ4n) is 2.96. The number of carbonyl (C=O) groups is 1. The summed E-state index contributed by atoms with van der Waals surface area (Å²) in [7, 11) is 1.69. The number of anilines is 2. The molecule has 1 saturated heterocycles. The van der Waals surface area contributed by atoms with Crippen molar-refractivity contribution in [1.29, 1.82) is 0 Å². The van der Waals surface area contributed by atoms with Crippen molar-refractivity contribution in [1.82, 2.24) is 14.9 Å². The highest BCUT2D eigenvalue weighted by Gasteiger charge is 2.23. The number of carbonyl (C=O) groups excluding carboxylic acids is 1. The van der Waals surface area contributed by atoms with E-state index in [4.69, 9.17) is 4.74 Å². The van der Waals surface area contributed by atoms with E-state index < -0.39 is 0 Å². The number of methoxy groups -OCH3 is 1. The first kappa shape index (κ1) is 18.1. The molecule has 1 fully saturated rings. The van der Waals surface area contributed by atoms with Gasteiger partial charge in [0, 0.05) is 64.4 Å². The summed E-state index contributed by atoms with van der Waals surface area (Å²) < 4.78 is 5.03. The number of ether oxygens (including phenoxy) is 1. The van der Waals surface area contributed by atoms with E-state index in [1.54, 1.807) is 25.6 Å². The SMILES string of the molecule is COCCCNc1cc(C(=O)N2CCN(c3ccccn3)CC2)ccn1. The second kappa shape index (κ2) is 9.15. The van der Waals surface area contributed by atoms with Crippen LogP contribution in [0.4, 0.5) is 11.6 Å². The van der Waals surface area contributed by atoms with Crippen molar-refractivity contribution in [2.75, 3.05) is 56.7 Å². The van der Waals surface area contributed by atoms with E-state index in [9.17, 15) is 4.79 Å². The Balaban J connectivity index is 1.55. The first-order valence-electron chi connectivity index (χ1n) is 8.92. The lowest BCUT2D eigenvalue weighted by atomic mass is 10.2. The normalized spacial score (nSPS) is 14.3. The summed E-state index contributed by atoms with van der Waals surface area (Å²) in [4.78, 5) is 25.5. The average Bonchev–Trinajstić information content (AvgIpc) is 2.72. The number of pyridine rings is 2. The molecule has 2 aromatic rings. The van der Waals surface area contributed by atoms with Crippen molar-refractivity contribution in [2.24, 2.45) is 0 Å². The van der Waals surface area contributed by atoms with Crippen molar-refractivity contribution < 1.29 is 9.53 Å². The first-order valence-corrected chi connectivity index (χ1v) is 8.92. The molecule has 0 radical (unpaired) electrons. The van der Waals surface area contributed by atoms with Gasteiger partial charge in [0.15, 0.2) is 0 Å². The lowest BCUT2D eigenvalue weighted by Gasteiger charge is -2.35. The van der Waals surface area contributed by atoms with Gasteiger partial charge in [-0.1, -0.05) is 6.07 Å². The lowest BCUT2D eigenvalue weighted by Crippen LogP contribution is -2.49. The van der Waals surface area contributed by atoms with Gasteiger partial charge in [0.2, 0.25) is 0 Å². The second-order valence-electron chi connectivity index (χ2n) is 6.17. The Kier molecular flexibility index (Phi) is 6.38. The molecule has 138 valence electrons. The Morgan fingerprint density at radius 1 is 1.15 bits per heavy atom. The van der Waals surface area contributed by atoms with Gasteiger partial charge < -0.3 is 19.9 Å². The molecular weight excluding hydrogens is 330 g/mol. The Morgan fingerprint density at radius 2 is 2.00 bits per heavy atom. The molecule has 0 aliphatic carbocycles. The standard InChI is InChI=1S/C19H25N5O2/c1-26-14-4-8-20-17-15-16(6-9-21-17)19(25)24-12-10-23(11-13-24)18-5-2-3-7-22-18/h2-3,5-7,9,15H,4,8,10-14H2,1H3,(H,20,21). The smallest absolute Gasteiger partial charge is 0.254 e. The molecule has 1 aliphatic rings. The molecule has 1 aliphatic heterocycles. The van der Waals surface area contributed by atoms with Crippen LogP contribution in [0.3, 0.4) is 0 Å². The van der Waals surface area contributed by atoms with Crippen LogP contribution in [0.15, 0.2) is 42.7 Å². The lowest BCUT2D eigenvalue weighted by molar-refractivity contribution is 0.0746. The third-order valence-electron chi connectivity index (χ3n) is 4.38. The number of piperazine rings is 1. The third-order valence-corrected chi connectivity index (χ3v) is 4.38. The Bertz CT molecular complexity index is 702. The van der Waals surface area contributed by atoms with Crippen LogP contribution in [0.1, 0.15) is 16.8 Å². The van der Waals surface area contributed by atoms with Crippen LogP contribution in [-0.2, 0) is 4.74 Å². The molecule has 0 unspecified atom stereocenters. The maximum atomic E-state index is 12.8.